The SMILES string of the molecule is O=S(=O)(Cl)c1nc(C(F)F)cc(Br)c1Br. The van der Waals surface area contributed by atoms with Crippen molar-refractivity contribution in [3.63, 3.8) is 0 Å². The molecule has 84 valence electrons. The van der Waals surface area contributed by atoms with E-state index in [1.165, 1.54) is 0 Å². The summed E-state index contributed by atoms with van der Waals surface area (Å²) >= 11 is 5.80. The van der Waals surface area contributed by atoms with Crippen LogP contribution in [0, 0.1) is 0 Å². The summed E-state index contributed by atoms with van der Waals surface area (Å²) in [6, 6.07) is 1.01. The van der Waals surface area contributed by atoms with Crippen LogP contribution in [0.1, 0.15) is 12.1 Å². The standard InChI is InChI=1S/C6H2Br2ClF2NO2S/c7-2-1-3(5(10)11)12-6(4(2)8)15(9,13)14/h1,5H. The molecule has 3 nitrogen and oxygen atoms in total. The quantitative estimate of drug-likeness (QED) is 0.733. The Balaban J connectivity index is 3.52. The Hall–Kier alpha value is 0.210. The van der Waals surface area contributed by atoms with E-state index in [1.54, 1.807) is 0 Å². The van der Waals surface area contributed by atoms with Gasteiger partial charge in [0.05, 0.1) is 4.47 Å². The van der Waals surface area contributed by atoms with E-state index < -0.39 is 26.2 Å². The van der Waals surface area contributed by atoms with Gasteiger partial charge in [-0.05, 0) is 37.9 Å². The first-order valence-corrected chi connectivity index (χ1v) is 7.21. The van der Waals surface area contributed by atoms with Gasteiger partial charge in [-0.25, -0.2) is 22.2 Å². The van der Waals surface area contributed by atoms with Crippen LogP contribution in [-0.4, -0.2) is 13.4 Å². The summed E-state index contributed by atoms with van der Waals surface area (Å²) in [5, 5.41) is -0.631. The molecule has 1 rings (SSSR count). The Labute approximate surface area is 106 Å². The molecule has 0 saturated carbocycles. The predicted molar refractivity (Wildman–Crippen MR) is 57.6 cm³/mol. The maximum absolute atomic E-state index is 12.3. The zero-order valence-corrected chi connectivity index (χ0v) is 11.5. The van der Waals surface area contributed by atoms with Gasteiger partial charge in [0.15, 0.2) is 5.03 Å². The van der Waals surface area contributed by atoms with Crippen molar-refractivity contribution in [1.82, 2.24) is 4.98 Å². The van der Waals surface area contributed by atoms with Crippen molar-refractivity contribution in [2.45, 2.75) is 11.5 Å². The van der Waals surface area contributed by atoms with E-state index in [0.29, 0.717) is 0 Å². The molecule has 0 aromatic carbocycles. The minimum Gasteiger partial charge on any atom is -0.233 e. The number of hydrogen-bond acceptors (Lipinski definition) is 3. The van der Waals surface area contributed by atoms with Crippen LogP contribution in [0.4, 0.5) is 8.78 Å². The fourth-order valence-corrected chi connectivity index (χ4v) is 3.32. The van der Waals surface area contributed by atoms with E-state index in [0.717, 1.165) is 6.07 Å². The lowest BCUT2D eigenvalue weighted by molar-refractivity contribution is 0.145. The van der Waals surface area contributed by atoms with E-state index >= 15 is 0 Å². The smallest absolute Gasteiger partial charge is 0.233 e. The molecule has 0 radical (unpaired) electrons. The minimum atomic E-state index is -4.16. The van der Waals surface area contributed by atoms with Crippen molar-refractivity contribution in [1.29, 1.82) is 0 Å². The number of pyridine rings is 1. The second-order valence-corrected chi connectivity index (χ2v) is 6.52. The maximum Gasteiger partial charge on any atom is 0.280 e. The van der Waals surface area contributed by atoms with Crippen molar-refractivity contribution in [3.8, 4) is 0 Å². The van der Waals surface area contributed by atoms with Gasteiger partial charge in [-0.15, -0.1) is 0 Å². The summed E-state index contributed by atoms with van der Waals surface area (Å²) in [7, 11) is 0.865. The first-order valence-electron chi connectivity index (χ1n) is 3.32. The Morgan fingerprint density at radius 2 is 1.93 bits per heavy atom. The third-order valence-corrected chi connectivity index (χ3v) is 4.78. The van der Waals surface area contributed by atoms with E-state index in [2.05, 4.69) is 36.8 Å². The topological polar surface area (TPSA) is 47.0 Å². The van der Waals surface area contributed by atoms with Crippen molar-refractivity contribution < 1.29 is 17.2 Å². The zero-order valence-electron chi connectivity index (χ0n) is 6.72. The van der Waals surface area contributed by atoms with Crippen LogP contribution < -0.4 is 0 Å². The Bertz CT molecular complexity index is 494. The second-order valence-electron chi connectivity index (χ2n) is 2.39. The molecule has 0 unspecified atom stereocenters. The minimum absolute atomic E-state index is 0.0156. The summed E-state index contributed by atoms with van der Waals surface area (Å²) in [4.78, 5) is 3.26. The summed E-state index contributed by atoms with van der Waals surface area (Å²) in [6.07, 6.45) is -2.87. The average Bonchev–Trinajstić information content (AvgIpc) is 2.06. The molecule has 0 atom stereocenters. The molecule has 0 aliphatic carbocycles. The predicted octanol–water partition coefficient (Wildman–Crippen LogP) is 3.47. The Morgan fingerprint density at radius 3 is 2.33 bits per heavy atom. The first-order chi connectivity index (χ1) is 6.73. The second kappa shape index (κ2) is 4.60. The number of rotatable bonds is 2. The molecule has 0 fully saturated rings. The van der Waals surface area contributed by atoms with Gasteiger partial charge >= 0.3 is 0 Å². The highest BCUT2D eigenvalue weighted by Gasteiger charge is 2.22. The van der Waals surface area contributed by atoms with Gasteiger partial charge in [-0.1, -0.05) is 0 Å². The Kier molecular flexibility index (Phi) is 4.07. The normalized spacial score (nSPS) is 12.1. The van der Waals surface area contributed by atoms with Crippen molar-refractivity contribution in [3.05, 3.63) is 20.7 Å². The van der Waals surface area contributed by atoms with Crippen LogP contribution in [0.2, 0.25) is 0 Å². The summed E-state index contributed by atoms with van der Waals surface area (Å²) in [5.74, 6) is 0. The van der Waals surface area contributed by atoms with Gasteiger partial charge in [0.25, 0.3) is 15.5 Å². The van der Waals surface area contributed by atoms with E-state index in [1.807, 2.05) is 0 Å². The van der Waals surface area contributed by atoms with Gasteiger partial charge in [-0.3, -0.25) is 0 Å². The molecule has 1 aromatic rings. The summed E-state index contributed by atoms with van der Waals surface area (Å²) in [6.45, 7) is 0. The van der Waals surface area contributed by atoms with Crippen LogP contribution in [0.25, 0.3) is 0 Å². The van der Waals surface area contributed by atoms with Gasteiger partial charge in [0, 0.05) is 15.2 Å². The molecule has 0 aliphatic rings. The number of hydrogen-bond donors (Lipinski definition) is 0. The number of nitrogens with zero attached hydrogens (tertiary/aromatic N) is 1. The molecule has 0 saturated heterocycles. The van der Waals surface area contributed by atoms with E-state index in [4.69, 9.17) is 10.7 Å². The summed E-state index contributed by atoms with van der Waals surface area (Å²) < 4.78 is 46.8. The van der Waals surface area contributed by atoms with Crippen LogP contribution in [0.5, 0.6) is 0 Å². The average molecular weight is 385 g/mol. The first kappa shape index (κ1) is 13.3. The molecule has 1 heterocycles. The molecule has 15 heavy (non-hydrogen) atoms. The molecular formula is C6H2Br2ClF2NO2S. The largest absolute Gasteiger partial charge is 0.280 e. The van der Waals surface area contributed by atoms with Crippen molar-refractivity contribution >= 4 is 51.6 Å². The van der Waals surface area contributed by atoms with Gasteiger partial charge in [0.1, 0.15) is 5.69 Å². The molecule has 1 aromatic heterocycles. The lowest BCUT2D eigenvalue weighted by Crippen LogP contribution is -2.01. The molecule has 0 aliphatic heterocycles. The molecule has 0 amide bonds. The highest BCUT2D eigenvalue weighted by atomic mass is 79.9. The lowest BCUT2D eigenvalue weighted by atomic mass is 10.4. The highest BCUT2D eigenvalue weighted by Crippen LogP contribution is 2.33. The third kappa shape index (κ3) is 3.08. The number of halogens is 5. The molecule has 0 spiro atoms. The highest BCUT2D eigenvalue weighted by molar-refractivity contribution is 9.13. The van der Waals surface area contributed by atoms with E-state index in [-0.39, 0.29) is 8.95 Å². The summed E-state index contributed by atoms with van der Waals surface area (Å²) in [5.41, 5.74) is -0.663. The van der Waals surface area contributed by atoms with Crippen LogP contribution in [0.3, 0.4) is 0 Å². The van der Waals surface area contributed by atoms with Crippen LogP contribution in [0.15, 0.2) is 20.0 Å². The zero-order chi connectivity index (χ0) is 11.8. The van der Waals surface area contributed by atoms with E-state index in [9.17, 15) is 17.2 Å². The lowest BCUT2D eigenvalue weighted by Gasteiger charge is -2.05. The monoisotopic (exact) mass is 383 g/mol. The maximum atomic E-state index is 12.3. The Morgan fingerprint density at radius 1 is 1.40 bits per heavy atom. The van der Waals surface area contributed by atoms with Gasteiger partial charge in [-0.2, -0.15) is 0 Å². The molecule has 0 N–H and O–H groups in total. The van der Waals surface area contributed by atoms with Crippen molar-refractivity contribution in [2.75, 3.05) is 0 Å². The van der Waals surface area contributed by atoms with Gasteiger partial charge < -0.3 is 0 Å². The van der Waals surface area contributed by atoms with Crippen LogP contribution in [-0.2, 0) is 9.05 Å². The molecule has 9 heteroatoms. The third-order valence-electron chi connectivity index (χ3n) is 1.36. The van der Waals surface area contributed by atoms with Crippen molar-refractivity contribution in [2.24, 2.45) is 0 Å². The van der Waals surface area contributed by atoms with Gasteiger partial charge in [0.2, 0.25) is 0 Å². The van der Waals surface area contributed by atoms with Crippen LogP contribution >= 0.6 is 42.5 Å². The molecular weight excluding hydrogens is 383 g/mol. The number of aromatic nitrogens is 1. The molecule has 0 bridgehead atoms. The fraction of sp³-hybridized carbons (Fsp3) is 0.167. The fourth-order valence-electron chi connectivity index (χ4n) is 0.767. The number of alkyl halides is 2.